The van der Waals surface area contributed by atoms with E-state index in [4.69, 9.17) is 9.47 Å². The van der Waals surface area contributed by atoms with Crippen molar-refractivity contribution in [2.75, 3.05) is 7.11 Å². The van der Waals surface area contributed by atoms with E-state index in [0.717, 1.165) is 0 Å². The van der Waals surface area contributed by atoms with Gasteiger partial charge in [0, 0.05) is 0 Å². The lowest BCUT2D eigenvalue weighted by molar-refractivity contribution is 0.0734. The predicted octanol–water partition coefficient (Wildman–Crippen LogP) is 4.04. The van der Waals surface area contributed by atoms with Crippen LogP contribution in [0.2, 0.25) is 0 Å². The molecule has 0 saturated heterocycles. The van der Waals surface area contributed by atoms with E-state index in [1.807, 2.05) is 24.3 Å². The first-order valence-electron chi connectivity index (χ1n) is 6.56. The van der Waals surface area contributed by atoms with E-state index in [1.165, 1.54) is 5.56 Å². The monoisotopic (exact) mass is 270 g/mol. The van der Waals surface area contributed by atoms with Gasteiger partial charge in [0.25, 0.3) is 0 Å². The highest BCUT2D eigenvalue weighted by atomic mass is 16.5. The highest BCUT2D eigenvalue weighted by Crippen LogP contribution is 2.20. The SMILES string of the molecule is COc1ccc(C(=O)Oc2ccc(C(C)C)cc2)cc1. The maximum absolute atomic E-state index is 12.0. The zero-order valence-electron chi connectivity index (χ0n) is 11.9. The van der Waals surface area contributed by atoms with Gasteiger partial charge in [0.1, 0.15) is 11.5 Å². The normalized spacial score (nSPS) is 10.4. The van der Waals surface area contributed by atoms with Crippen LogP contribution in [0, 0.1) is 0 Å². The second-order valence-corrected chi connectivity index (χ2v) is 4.84. The van der Waals surface area contributed by atoms with Crippen molar-refractivity contribution in [3.05, 3.63) is 59.7 Å². The lowest BCUT2D eigenvalue weighted by Crippen LogP contribution is -2.08. The molecule has 0 saturated carbocycles. The van der Waals surface area contributed by atoms with Crippen LogP contribution in [0.4, 0.5) is 0 Å². The van der Waals surface area contributed by atoms with Gasteiger partial charge in [-0.15, -0.1) is 0 Å². The van der Waals surface area contributed by atoms with Crippen molar-refractivity contribution >= 4 is 5.97 Å². The van der Waals surface area contributed by atoms with Crippen LogP contribution in [0.1, 0.15) is 35.7 Å². The summed E-state index contributed by atoms with van der Waals surface area (Å²) in [6.07, 6.45) is 0. The maximum Gasteiger partial charge on any atom is 0.343 e. The van der Waals surface area contributed by atoms with Gasteiger partial charge in [-0.1, -0.05) is 26.0 Å². The first-order chi connectivity index (χ1) is 9.60. The van der Waals surface area contributed by atoms with E-state index in [9.17, 15) is 4.79 Å². The number of esters is 1. The van der Waals surface area contributed by atoms with Crippen molar-refractivity contribution in [2.24, 2.45) is 0 Å². The van der Waals surface area contributed by atoms with Crippen LogP contribution in [0.25, 0.3) is 0 Å². The van der Waals surface area contributed by atoms with Crippen LogP contribution in [-0.2, 0) is 0 Å². The van der Waals surface area contributed by atoms with Crippen molar-refractivity contribution in [2.45, 2.75) is 19.8 Å². The summed E-state index contributed by atoms with van der Waals surface area (Å²) in [5, 5.41) is 0. The van der Waals surface area contributed by atoms with E-state index < -0.39 is 0 Å². The van der Waals surface area contributed by atoms with Crippen molar-refractivity contribution in [1.82, 2.24) is 0 Å². The summed E-state index contributed by atoms with van der Waals surface area (Å²) in [7, 11) is 1.59. The zero-order chi connectivity index (χ0) is 14.5. The minimum atomic E-state index is -0.370. The molecule has 0 amide bonds. The van der Waals surface area contributed by atoms with Gasteiger partial charge in [-0.2, -0.15) is 0 Å². The molecule has 20 heavy (non-hydrogen) atoms. The first-order valence-corrected chi connectivity index (χ1v) is 6.56. The smallest absolute Gasteiger partial charge is 0.343 e. The fourth-order valence-corrected chi connectivity index (χ4v) is 1.81. The molecule has 3 heteroatoms. The van der Waals surface area contributed by atoms with Gasteiger partial charge in [-0.05, 0) is 47.9 Å². The summed E-state index contributed by atoms with van der Waals surface area (Å²) in [5.41, 5.74) is 1.72. The van der Waals surface area contributed by atoms with Crippen molar-refractivity contribution < 1.29 is 14.3 Å². The Morgan fingerprint density at radius 2 is 1.45 bits per heavy atom. The summed E-state index contributed by atoms with van der Waals surface area (Å²) < 4.78 is 10.4. The lowest BCUT2D eigenvalue weighted by Gasteiger charge is -2.08. The maximum atomic E-state index is 12.0. The molecule has 0 bridgehead atoms. The van der Waals surface area contributed by atoms with E-state index >= 15 is 0 Å². The number of carbonyl (C=O) groups excluding carboxylic acids is 1. The number of benzene rings is 2. The van der Waals surface area contributed by atoms with E-state index in [1.54, 1.807) is 31.4 Å². The van der Waals surface area contributed by atoms with Crippen molar-refractivity contribution in [3.63, 3.8) is 0 Å². The second-order valence-electron chi connectivity index (χ2n) is 4.84. The van der Waals surface area contributed by atoms with Crippen LogP contribution in [0.15, 0.2) is 48.5 Å². The molecule has 2 aromatic carbocycles. The minimum Gasteiger partial charge on any atom is -0.497 e. The second kappa shape index (κ2) is 6.24. The van der Waals surface area contributed by atoms with Gasteiger partial charge in [0.2, 0.25) is 0 Å². The van der Waals surface area contributed by atoms with Gasteiger partial charge in [-0.3, -0.25) is 0 Å². The molecular formula is C17H18O3. The van der Waals surface area contributed by atoms with Gasteiger partial charge in [-0.25, -0.2) is 4.79 Å². The summed E-state index contributed by atoms with van der Waals surface area (Å²) in [4.78, 5) is 12.0. The predicted molar refractivity (Wildman–Crippen MR) is 78.5 cm³/mol. The third-order valence-corrected chi connectivity index (χ3v) is 3.08. The average molecular weight is 270 g/mol. The summed E-state index contributed by atoms with van der Waals surface area (Å²) in [5.74, 6) is 1.35. The largest absolute Gasteiger partial charge is 0.497 e. The van der Waals surface area contributed by atoms with E-state index in [2.05, 4.69) is 13.8 Å². The molecule has 0 aliphatic heterocycles. The Morgan fingerprint density at radius 3 is 1.95 bits per heavy atom. The third kappa shape index (κ3) is 3.38. The molecular weight excluding hydrogens is 252 g/mol. The van der Waals surface area contributed by atoms with Crippen LogP contribution >= 0.6 is 0 Å². The van der Waals surface area contributed by atoms with Gasteiger partial charge in [0.05, 0.1) is 12.7 Å². The fourth-order valence-electron chi connectivity index (χ4n) is 1.81. The van der Waals surface area contributed by atoms with E-state index in [0.29, 0.717) is 23.0 Å². The number of hydrogen-bond donors (Lipinski definition) is 0. The minimum absolute atomic E-state index is 0.370. The average Bonchev–Trinajstić information content (AvgIpc) is 2.48. The number of ether oxygens (including phenoxy) is 2. The van der Waals surface area contributed by atoms with Crippen LogP contribution in [0.3, 0.4) is 0 Å². The molecule has 0 aliphatic rings. The van der Waals surface area contributed by atoms with Gasteiger partial charge < -0.3 is 9.47 Å². The molecule has 0 aliphatic carbocycles. The topological polar surface area (TPSA) is 35.5 Å². The Labute approximate surface area is 119 Å². The summed E-state index contributed by atoms with van der Waals surface area (Å²) in [6, 6.07) is 14.4. The number of rotatable bonds is 4. The summed E-state index contributed by atoms with van der Waals surface area (Å²) in [6.45, 7) is 4.25. The quantitative estimate of drug-likeness (QED) is 0.621. The van der Waals surface area contributed by atoms with Gasteiger partial charge in [0.15, 0.2) is 0 Å². The van der Waals surface area contributed by atoms with Crippen LogP contribution in [-0.4, -0.2) is 13.1 Å². The number of methoxy groups -OCH3 is 1. The van der Waals surface area contributed by atoms with Gasteiger partial charge >= 0.3 is 5.97 Å². The molecule has 0 N–H and O–H groups in total. The zero-order valence-corrected chi connectivity index (χ0v) is 11.9. The Balaban J connectivity index is 2.06. The molecule has 0 fully saturated rings. The van der Waals surface area contributed by atoms with Crippen LogP contribution in [0.5, 0.6) is 11.5 Å². The number of hydrogen-bond acceptors (Lipinski definition) is 3. The third-order valence-electron chi connectivity index (χ3n) is 3.08. The molecule has 0 aromatic heterocycles. The standard InChI is InChI=1S/C17H18O3/c1-12(2)13-4-10-16(11-5-13)20-17(18)14-6-8-15(19-3)9-7-14/h4-12H,1-3H3. The van der Waals surface area contributed by atoms with E-state index in [-0.39, 0.29) is 5.97 Å². The molecule has 2 aromatic rings. The molecule has 0 atom stereocenters. The van der Waals surface area contributed by atoms with Crippen molar-refractivity contribution in [1.29, 1.82) is 0 Å². The molecule has 0 spiro atoms. The summed E-state index contributed by atoms with van der Waals surface area (Å²) >= 11 is 0. The fraction of sp³-hybridized carbons (Fsp3) is 0.235. The van der Waals surface area contributed by atoms with Crippen molar-refractivity contribution in [3.8, 4) is 11.5 Å². The molecule has 0 unspecified atom stereocenters. The Kier molecular flexibility index (Phi) is 4.41. The number of carbonyl (C=O) groups is 1. The highest BCUT2D eigenvalue weighted by Gasteiger charge is 2.09. The molecule has 0 heterocycles. The molecule has 0 radical (unpaired) electrons. The van der Waals surface area contributed by atoms with Crippen LogP contribution < -0.4 is 9.47 Å². The highest BCUT2D eigenvalue weighted by molar-refractivity contribution is 5.91. The first kappa shape index (κ1) is 14.1. The Hall–Kier alpha value is -2.29. The molecule has 2 rings (SSSR count). The Bertz CT molecular complexity index is 568. The lowest BCUT2D eigenvalue weighted by atomic mass is 10.0. The molecule has 104 valence electrons. The Morgan fingerprint density at radius 1 is 0.900 bits per heavy atom. The molecule has 3 nitrogen and oxygen atoms in total.